The number of amides is 2. The topological polar surface area (TPSA) is 49.4 Å². The fourth-order valence-electron chi connectivity index (χ4n) is 3.64. The van der Waals surface area contributed by atoms with Crippen LogP contribution < -0.4 is 5.32 Å². The molecule has 1 fully saturated rings. The van der Waals surface area contributed by atoms with Crippen LogP contribution >= 0.6 is 15.9 Å². The molecule has 142 valence electrons. The zero-order valence-electron chi connectivity index (χ0n) is 15.8. The van der Waals surface area contributed by atoms with Crippen molar-refractivity contribution in [1.29, 1.82) is 0 Å². The van der Waals surface area contributed by atoms with E-state index in [0.29, 0.717) is 25.2 Å². The monoisotopic (exact) mass is 428 g/mol. The van der Waals surface area contributed by atoms with E-state index in [1.165, 1.54) is 0 Å². The highest BCUT2D eigenvalue weighted by molar-refractivity contribution is 9.10. The highest BCUT2D eigenvalue weighted by Gasteiger charge is 2.28. The second-order valence-corrected chi connectivity index (χ2v) is 8.23. The Bertz CT molecular complexity index is 830. The van der Waals surface area contributed by atoms with Crippen LogP contribution in [0.25, 0.3) is 0 Å². The number of benzene rings is 2. The molecule has 2 aromatic carbocycles. The number of nitrogens with one attached hydrogen (secondary N) is 1. The third-order valence-corrected chi connectivity index (χ3v) is 5.40. The number of carbonyl (C=O) groups excluding carboxylic acids is 2. The maximum Gasteiger partial charge on any atom is 0.253 e. The zero-order valence-corrected chi connectivity index (χ0v) is 17.4. The van der Waals surface area contributed by atoms with Crippen molar-refractivity contribution in [1.82, 2.24) is 10.2 Å². The van der Waals surface area contributed by atoms with Gasteiger partial charge in [-0.15, -0.1) is 0 Å². The molecule has 5 heteroatoms. The van der Waals surface area contributed by atoms with Gasteiger partial charge in [-0.25, -0.2) is 0 Å². The number of aryl methyl sites for hydroxylation is 2. The number of rotatable bonds is 4. The van der Waals surface area contributed by atoms with E-state index in [9.17, 15) is 9.59 Å². The lowest BCUT2D eigenvalue weighted by Gasteiger charge is -2.32. The van der Waals surface area contributed by atoms with Crippen LogP contribution in [0, 0.1) is 19.8 Å². The average Bonchev–Trinajstić information content (AvgIpc) is 2.65. The summed E-state index contributed by atoms with van der Waals surface area (Å²) in [4.78, 5) is 27.3. The van der Waals surface area contributed by atoms with Crippen LogP contribution in [0.15, 0.2) is 46.9 Å². The van der Waals surface area contributed by atoms with Crippen molar-refractivity contribution in [3.05, 3.63) is 69.2 Å². The maximum atomic E-state index is 12.9. The molecule has 1 atom stereocenters. The molecular formula is C22H25BrN2O2. The van der Waals surface area contributed by atoms with Crippen LogP contribution in [0.2, 0.25) is 0 Å². The number of piperidine rings is 1. The average molecular weight is 429 g/mol. The molecule has 1 N–H and O–H groups in total. The van der Waals surface area contributed by atoms with Gasteiger partial charge in [0.25, 0.3) is 5.91 Å². The van der Waals surface area contributed by atoms with E-state index in [4.69, 9.17) is 0 Å². The normalized spacial score (nSPS) is 16.9. The SMILES string of the molecule is Cc1cc(C)cc(C(=O)N2CCC[C@H](C(=O)NCc3cccc(Br)c3)C2)c1. The van der Waals surface area contributed by atoms with Gasteiger partial charge < -0.3 is 10.2 Å². The molecule has 4 nitrogen and oxygen atoms in total. The summed E-state index contributed by atoms with van der Waals surface area (Å²) < 4.78 is 0.997. The van der Waals surface area contributed by atoms with Gasteiger partial charge in [0.2, 0.25) is 5.91 Å². The van der Waals surface area contributed by atoms with E-state index in [2.05, 4.69) is 27.3 Å². The lowest BCUT2D eigenvalue weighted by molar-refractivity contribution is -0.126. The molecule has 1 aliphatic rings. The minimum absolute atomic E-state index is 0.0197. The number of halogens is 1. The minimum atomic E-state index is -0.152. The molecule has 0 saturated carbocycles. The first-order valence-corrected chi connectivity index (χ1v) is 10.1. The second-order valence-electron chi connectivity index (χ2n) is 7.31. The van der Waals surface area contributed by atoms with Crippen molar-refractivity contribution in [2.75, 3.05) is 13.1 Å². The van der Waals surface area contributed by atoms with Gasteiger partial charge in [0.15, 0.2) is 0 Å². The molecule has 27 heavy (non-hydrogen) atoms. The van der Waals surface area contributed by atoms with Crippen LogP contribution in [0.1, 0.15) is 39.9 Å². The van der Waals surface area contributed by atoms with E-state index in [0.717, 1.165) is 34.0 Å². The van der Waals surface area contributed by atoms with Gasteiger partial charge >= 0.3 is 0 Å². The third-order valence-electron chi connectivity index (χ3n) is 4.90. The molecule has 2 amide bonds. The van der Waals surface area contributed by atoms with Crippen molar-refractivity contribution in [2.45, 2.75) is 33.2 Å². The van der Waals surface area contributed by atoms with Crippen LogP contribution in [-0.2, 0) is 11.3 Å². The molecule has 0 bridgehead atoms. The van der Waals surface area contributed by atoms with E-state index >= 15 is 0 Å². The van der Waals surface area contributed by atoms with Gasteiger partial charge in [-0.3, -0.25) is 9.59 Å². The lowest BCUT2D eigenvalue weighted by atomic mass is 9.96. The summed E-state index contributed by atoms with van der Waals surface area (Å²) >= 11 is 3.44. The van der Waals surface area contributed by atoms with Crippen molar-refractivity contribution < 1.29 is 9.59 Å². The van der Waals surface area contributed by atoms with Crippen molar-refractivity contribution >= 4 is 27.7 Å². The molecule has 0 aliphatic carbocycles. The van der Waals surface area contributed by atoms with Gasteiger partial charge in [0.1, 0.15) is 0 Å². The zero-order chi connectivity index (χ0) is 19.4. The van der Waals surface area contributed by atoms with E-state index in [-0.39, 0.29) is 17.7 Å². The van der Waals surface area contributed by atoms with Crippen molar-refractivity contribution in [3.63, 3.8) is 0 Å². The predicted octanol–water partition coefficient (Wildman–Crippen LogP) is 4.23. The second kappa shape index (κ2) is 8.70. The molecule has 0 unspecified atom stereocenters. The lowest BCUT2D eigenvalue weighted by Crippen LogP contribution is -2.45. The minimum Gasteiger partial charge on any atom is -0.352 e. The highest BCUT2D eigenvalue weighted by atomic mass is 79.9. The smallest absolute Gasteiger partial charge is 0.253 e. The van der Waals surface area contributed by atoms with Gasteiger partial charge in [0, 0.05) is 29.7 Å². The van der Waals surface area contributed by atoms with Crippen molar-refractivity contribution in [2.24, 2.45) is 5.92 Å². The van der Waals surface area contributed by atoms with Gasteiger partial charge in [-0.2, -0.15) is 0 Å². The summed E-state index contributed by atoms with van der Waals surface area (Å²) in [6, 6.07) is 13.8. The summed E-state index contributed by atoms with van der Waals surface area (Å²) in [6.07, 6.45) is 1.67. The summed E-state index contributed by atoms with van der Waals surface area (Å²) in [5, 5.41) is 3.02. The Kier molecular flexibility index (Phi) is 6.32. The predicted molar refractivity (Wildman–Crippen MR) is 111 cm³/mol. The van der Waals surface area contributed by atoms with Crippen LogP contribution in [0.4, 0.5) is 0 Å². The Hall–Kier alpha value is -2.14. The summed E-state index contributed by atoms with van der Waals surface area (Å²) in [6.45, 7) is 5.69. The van der Waals surface area contributed by atoms with E-state index in [1.807, 2.05) is 55.1 Å². The molecule has 0 aromatic heterocycles. The fourth-order valence-corrected chi connectivity index (χ4v) is 4.08. The largest absolute Gasteiger partial charge is 0.352 e. The molecule has 1 saturated heterocycles. The van der Waals surface area contributed by atoms with Crippen molar-refractivity contribution in [3.8, 4) is 0 Å². The Morgan fingerprint density at radius 3 is 2.59 bits per heavy atom. The Balaban J connectivity index is 1.61. The van der Waals surface area contributed by atoms with Crippen LogP contribution in [0.5, 0.6) is 0 Å². The Morgan fingerprint density at radius 1 is 1.15 bits per heavy atom. The van der Waals surface area contributed by atoms with Gasteiger partial charge in [-0.05, 0) is 56.5 Å². The molecule has 2 aromatic rings. The highest BCUT2D eigenvalue weighted by Crippen LogP contribution is 2.20. The van der Waals surface area contributed by atoms with Gasteiger partial charge in [-0.1, -0.05) is 45.3 Å². The molecule has 0 radical (unpaired) electrons. The molecule has 1 aliphatic heterocycles. The summed E-state index contributed by atoms with van der Waals surface area (Å²) in [5.74, 6) is -0.111. The standard InChI is InChI=1S/C22H25BrN2O2/c1-15-9-16(2)11-19(10-15)22(27)25-8-4-6-18(14-25)21(26)24-13-17-5-3-7-20(23)12-17/h3,5,7,9-12,18H,4,6,8,13-14H2,1-2H3,(H,24,26)/t18-/m0/s1. The molecule has 0 spiro atoms. The van der Waals surface area contributed by atoms with Crippen LogP contribution in [-0.4, -0.2) is 29.8 Å². The third kappa shape index (κ3) is 5.19. The number of hydrogen-bond donors (Lipinski definition) is 1. The first-order chi connectivity index (χ1) is 12.9. The maximum absolute atomic E-state index is 12.9. The summed E-state index contributed by atoms with van der Waals surface area (Å²) in [5.41, 5.74) is 3.93. The van der Waals surface area contributed by atoms with Gasteiger partial charge in [0.05, 0.1) is 5.92 Å². The number of likely N-dealkylation sites (tertiary alicyclic amines) is 1. The number of nitrogens with zero attached hydrogens (tertiary/aromatic N) is 1. The Labute approximate surface area is 169 Å². The van der Waals surface area contributed by atoms with Crippen LogP contribution in [0.3, 0.4) is 0 Å². The van der Waals surface area contributed by atoms with E-state index in [1.54, 1.807) is 0 Å². The molecular weight excluding hydrogens is 404 g/mol. The fraction of sp³-hybridized carbons (Fsp3) is 0.364. The first-order valence-electron chi connectivity index (χ1n) is 9.32. The van der Waals surface area contributed by atoms with E-state index < -0.39 is 0 Å². The molecule has 1 heterocycles. The first kappa shape index (κ1) is 19.6. The number of carbonyl (C=O) groups is 2. The molecule has 3 rings (SSSR count). The number of hydrogen-bond acceptors (Lipinski definition) is 2. The Morgan fingerprint density at radius 2 is 1.89 bits per heavy atom. The quantitative estimate of drug-likeness (QED) is 0.791. The summed E-state index contributed by atoms with van der Waals surface area (Å²) in [7, 11) is 0.